The topological polar surface area (TPSA) is 80.6 Å². The van der Waals surface area contributed by atoms with Crippen LogP contribution in [0.5, 0.6) is 17.2 Å². The summed E-state index contributed by atoms with van der Waals surface area (Å²) in [5.41, 5.74) is 3.39. The van der Waals surface area contributed by atoms with E-state index in [9.17, 15) is 10.1 Å². The molecule has 0 aromatic heterocycles. The summed E-state index contributed by atoms with van der Waals surface area (Å²) in [4.78, 5) is 12.6. The highest BCUT2D eigenvalue weighted by atomic mass is 16.5. The van der Waals surface area contributed by atoms with E-state index in [4.69, 9.17) is 14.2 Å². The first kappa shape index (κ1) is 19.3. The number of methoxy groups -OCH3 is 3. The fourth-order valence-electron chi connectivity index (χ4n) is 3.39. The third-order valence-electron chi connectivity index (χ3n) is 4.79. The minimum Gasteiger partial charge on any atom is -0.493 e. The molecule has 2 atom stereocenters. The zero-order valence-corrected chi connectivity index (χ0v) is 16.3. The summed E-state index contributed by atoms with van der Waals surface area (Å²) in [5.74, 6) is -0.236. The van der Waals surface area contributed by atoms with Crippen LogP contribution in [0.4, 0.5) is 0 Å². The Labute approximate surface area is 164 Å². The molecule has 0 aliphatic carbocycles. The molecule has 1 aliphatic rings. The fourth-order valence-corrected chi connectivity index (χ4v) is 3.39. The van der Waals surface area contributed by atoms with E-state index in [0.29, 0.717) is 22.9 Å². The molecule has 1 aliphatic heterocycles. The molecule has 1 heterocycles. The van der Waals surface area contributed by atoms with Crippen LogP contribution in [-0.2, 0) is 4.79 Å². The monoisotopic (exact) mass is 378 g/mol. The molecule has 1 amide bonds. The lowest BCUT2D eigenvalue weighted by Gasteiger charge is -2.27. The van der Waals surface area contributed by atoms with Crippen molar-refractivity contribution in [3.05, 3.63) is 59.2 Å². The molecule has 2 unspecified atom stereocenters. The van der Waals surface area contributed by atoms with Gasteiger partial charge in [0.2, 0.25) is 11.7 Å². The molecule has 6 heteroatoms. The van der Waals surface area contributed by atoms with Crippen LogP contribution in [0.2, 0.25) is 0 Å². The Hall–Kier alpha value is -3.46. The van der Waals surface area contributed by atoms with E-state index in [1.165, 1.54) is 21.3 Å². The summed E-state index contributed by atoms with van der Waals surface area (Å²) in [5, 5.41) is 12.5. The summed E-state index contributed by atoms with van der Waals surface area (Å²) >= 11 is 0. The van der Waals surface area contributed by atoms with Gasteiger partial charge in [0.1, 0.15) is 5.92 Å². The summed E-state index contributed by atoms with van der Waals surface area (Å²) in [6.07, 6.45) is 1.91. The molecule has 0 saturated heterocycles. The largest absolute Gasteiger partial charge is 0.493 e. The number of benzene rings is 2. The third-order valence-corrected chi connectivity index (χ3v) is 4.79. The number of hydrogen-bond donors (Lipinski definition) is 1. The maximum absolute atomic E-state index is 12.6. The van der Waals surface area contributed by atoms with E-state index in [1.807, 2.05) is 37.3 Å². The van der Waals surface area contributed by atoms with E-state index in [0.717, 1.165) is 16.7 Å². The Balaban J connectivity index is 2.15. The SMILES string of the molecule is COc1cc(C2C=C(c3cccc(C)c3)NC(=O)C2C#N)cc(OC)c1OC. The molecule has 0 spiro atoms. The lowest BCUT2D eigenvalue weighted by molar-refractivity contribution is -0.122. The standard InChI is InChI=1S/C22H22N2O4/c1-13-6-5-7-14(8-13)18-11-16(17(12-23)22(25)24-18)15-9-19(26-2)21(28-4)20(10-15)27-3/h5-11,16-17H,1-4H3,(H,24,25). The number of nitrogens with one attached hydrogen (secondary N) is 1. The Morgan fingerprint density at radius 1 is 1.04 bits per heavy atom. The van der Waals surface area contributed by atoms with Gasteiger partial charge in [-0.3, -0.25) is 4.79 Å². The summed E-state index contributed by atoms with van der Waals surface area (Å²) < 4.78 is 16.2. The molecule has 144 valence electrons. The van der Waals surface area contributed by atoms with Crippen molar-refractivity contribution < 1.29 is 19.0 Å². The van der Waals surface area contributed by atoms with Gasteiger partial charge in [-0.2, -0.15) is 5.26 Å². The van der Waals surface area contributed by atoms with Gasteiger partial charge in [-0.25, -0.2) is 0 Å². The predicted molar refractivity (Wildman–Crippen MR) is 105 cm³/mol. The maximum Gasteiger partial charge on any atom is 0.242 e. The molecule has 0 fully saturated rings. The van der Waals surface area contributed by atoms with E-state index in [1.54, 1.807) is 12.1 Å². The number of allylic oxidation sites excluding steroid dienone is 1. The molecule has 3 rings (SSSR count). The molecule has 1 N–H and O–H groups in total. The molecule has 0 radical (unpaired) electrons. The van der Waals surface area contributed by atoms with E-state index in [2.05, 4.69) is 11.4 Å². The van der Waals surface area contributed by atoms with Crippen molar-refractivity contribution in [2.75, 3.05) is 21.3 Å². The Bertz CT molecular complexity index is 950. The van der Waals surface area contributed by atoms with Gasteiger partial charge in [0.05, 0.1) is 27.4 Å². The van der Waals surface area contributed by atoms with Crippen molar-refractivity contribution in [1.82, 2.24) is 5.32 Å². The van der Waals surface area contributed by atoms with E-state index < -0.39 is 11.8 Å². The van der Waals surface area contributed by atoms with Crippen LogP contribution in [0.3, 0.4) is 0 Å². The van der Waals surface area contributed by atoms with E-state index in [-0.39, 0.29) is 5.91 Å². The van der Waals surface area contributed by atoms with Crippen molar-refractivity contribution in [2.24, 2.45) is 5.92 Å². The molecule has 2 aromatic carbocycles. The zero-order chi connectivity index (χ0) is 20.3. The van der Waals surface area contributed by atoms with Gasteiger partial charge in [0.25, 0.3) is 0 Å². The highest BCUT2D eigenvalue weighted by Crippen LogP contribution is 2.43. The normalized spacial score (nSPS) is 18.5. The van der Waals surface area contributed by atoms with Crippen molar-refractivity contribution in [3.8, 4) is 23.3 Å². The van der Waals surface area contributed by atoms with Crippen LogP contribution in [0, 0.1) is 24.2 Å². The Kier molecular flexibility index (Phi) is 5.55. The van der Waals surface area contributed by atoms with Gasteiger partial charge < -0.3 is 19.5 Å². The average Bonchev–Trinajstić information content (AvgIpc) is 2.71. The van der Waals surface area contributed by atoms with Gasteiger partial charge in [0, 0.05) is 11.6 Å². The van der Waals surface area contributed by atoms with Gasteiger partial charge in [-0.15, -0.1) is 0 Å². The smallest absolute Gasteiger partial charge is 0.242 e. The van der Waals surface area contributed by atoms with Crippen LogP contribution in [-0.4, -0.2) is 27.2 Å². The van der Waals surface area contributed by atoms with Crippen LogP contribution in [0.25, 0.3) is 5.70 Å². The second-order valence-corrected chi connectivity index (χ2v) is 6.53. The second kappa shape index (κ2) is 8.05. The zero-order valence-electron chi connectivity index (χ0n) is 16.3. The lowest BCUT2D eigenvalue weighted by Crippen LogP contribution is -2.36. The number of amides is 1. The minimum absolute atomic E-state index is 0.333. The number of carbonyl (C=O) groups is 1. The molecular weight excluding hydrogens is 356 g/mol. The first-order valence-corrected chi connectivity index (χ1v) is 8.81. The van der Waals surface area contributed by atoms with Gasteiger partial charge in [0.15, 0.2) is 11.5 Å². The summed E-state index contributed by atoms with van der Waals surface area (Å²) in [6, 6.07) is 13.5. The molecule has 0 bridgehead atoms. The maximum atomic E-state index is 12.6. The Morgan fingerprint density at radius 3 is 2.25 bits per heavy atom. The first-order valence-electron chi connectivity index (χ1n) is 8.81. The number of nitrogens with zero attached hydrogens (tertiary/aromatic N) is 1. The van der Waals surface area contributed by atoms with Crippen LogP contribution in [0.15, 0.2) is 42.5 Å². The van der Waals surface area contributed by atoms with Crippen LogP contribution in [0.1, 0.15) is 22.6 Å². The number of aryl methyl sites for hydroxylation is 1. The Morgan fingerprint density at radius 2 is 1.71 bits per heavy atom. The van der Waals surface area contributed by atoms with Crippen molar-refractivity contribution >= 4 is 11.6 Å². The fraction of sp³-hybridized carbons (Fsp3) is 0.273. The number of rotatable bonds is 5. The third kappa shape index (κ3) is 3.52. The number of nitriles is 1. The average molecular weight is 378 g/mol. The second-order valence-electron chi connectivity index (χ2n) is 6.53. The number of hydrogen-bond acceptors (Lipinski definition) is 5. The number of carbonyl (C=O) groups excluding carboxylic acids is 1. The summed E-state index contributed by atoms with van der Waals surface area (Å²) in [6.45, 7) is 1.99. The minimum atomic E-state index is -0.864. The summed E-state index contributed by atoms with van der Waals surface area (Å²) in [7, 11) is 4.59. The van der Waals surface area contributed by atoms with Crippen molar-refractivity contribution in [3.63, 3.8) is 0 Å². The van der Waals surface area contributed by atoms with Gasteiger partial charge in [-0.1, -0.05) is 29.8 Å². The quantitative estimate of drug-likeness (QED) is 0.862. The molecule has 0 saturated carbocycles. The molecule has 28 heavy (non-hydrogen) atoms. The van der Waals surface area contributed by atoms with Crippen molar-refractivity contribution in [2.45, 2.75) is 12.8 Å². The van der Waals surface area contributed by atoms with Gasteiger partial charge >= 0.3 is 0 Å². The lowest BCUT2D eigenvalue weighted by atomic mass is 9.82. The van der Waals surface area contributed by atoms with Crippen molar-refractivity contribution in [1.29, 1.82) is 5.26 Å². The molecular formula is C22H22N2O4. The van der Waals surface area contributed by atoms with Crippen LogP contribution >= 0.6 is 0 Å². The van der Waals surface area contributed by atoms with Gasteiger partial charge in [-0.05, 0) is 36.2 Å². The highest BCUT2D eigenvalue weighted by molar-refractivity contribution is 5.93. The molecule has 2 aromatic rings. The molecule has 6 nitrogen and oxygen atoms in total. The highest BCUT2D eigenvalue weighted by Gasteiger charge is 2.34. The number of ether oxygens (including phenoxy) is 3. The first-order chi connectivity index (χ1) is 13.5. The van der Waals surface area contributed by atoms with E-state index >= 15 is 0 Å². The van der Waals surface area contributed by atoms with Crippen LogP contribution < -0.4 is 19.5 Å². The predicted octanol–water partition coefficient (Wildman–Crippen LogP) is 3.42.